The van der Waals surface area contributed by atoms with E-state index in [9.17, 15) is 22.8 Å². The fraction of sp³-hybridized carbons (Fsp3) is 0.429. The molecule has 3 atom stereocenters. The smallest absolute Gasteiger partial charge is 0.416 e. The Morgan fingerprint density at radius 3 is 2.46 bits per heavy atom. The molecule has 210 valence electrons. The highest BCUT2D eigenvalue weighted by atomic mass is 35.5. The minimum absolute atomic E-state index is 0.0865. The average Bonchev–Trinajstić information content (AvgIpc) is 3.17. The summed E-state index contributed by atoms with van der Waals surface area (Å²) in [5.41, 5.74) is 1.33. The molecule has 1 aliphatic rings. The minimum Gasteiger partial charge on any atom is -0.481 e. The second-order valence-electron chi connectivity index (χ2n) is 10.0. The number of amides is 1. The van der Waals surface area contributed by atoms with Gasteiger partial charge in [-0.25, -0.2) is 4.39 Å². The summed E-state index contributed by atoms with van der Waals surface area (Å²) in [6.45, 7) is 3.54. The molecule has 1 aliphatic heterocycles. The molecule has 1 aromatic heterocycles. The number of hydrogen-bond donors (Lipinski definition) is 1. The molecule has 3 unspecified atom stereocenters. The van der Waals surface area contributed by atoms with Crippen molar-refractivity contribution < 1.29 is 32.3 Å². The Bertz CT molecular complexity index is 1440. The number of aryl methyl sites for hydroxylation is 2. The Hall–Kier alpha value is -2.78. The molecule has 0 saturated carbocycles. The number of hydrogen-bond acceptors (Lipinski definition) is 2. The number of likely N-dealkylation sites (tertiary alicyclic amines) is 1. The van der Waals surface area contributed by atoms with Crippen LogP contribution in [-0.4, -0.2) is 45.2 Å². The molecule has 0 aliphatic carbocycles. The van der Waals surface area contributed by atoms with E-state index >= 15 is 4.39 Å². The van der Waals surface area contributed by atoms with Gasteiger partial charge in [-0.05, 0) is 61.2 Å². The van der Waals surface area contributed by atoms with E-state index in [0.29, 0.717) is 34.1 Å². The van der Waals surface area contributed by atoms with E-state index in [0.717, 1.165) is 12.1 Å². The Labute approximate surface area is 233 Å². The van der Waals surface area contributed by atoms with Crippen molar-refractivity contribution in [3.05, 3.63) is 68.3 Å². The predicted molar refractivity (Wildman–Crippen MR) is 142 cm³/mol. The second-order valence-corrected chi connectivity index (χ2v) is 10.8. The second kappa shape index (κ2) is 11.0. The molecule has 5 nitrogen and oxygen atoms in total. The molecule has 2 aromatic carbocycles. The maximum atomic E-state index is 15.2. The first-order chi connectivity index (χ1) is 18.2. The van der Waals surface area contributed by atoms with Gasteiger partial charge in [-0.1, -0.05) is 30.1 Å². The van der Waals surface area contributed by atoms with Crippen LogP contribution in [0.15, 0.2) is 30.3 Å². The molecule has 0 spiro atoms. The summed E-state index contributed by atoms with van der Waals surface area (Å²) in [6, 6.07) is 6.18. The van der Waals surface area contributed by atoms with Crippen molar-refractivity contribution >= 4 is 46.0 Å². The fourth-order valence-corrected chi connectivity index (χ4v) is 6.09. The third-order valence-electron chi connectivity index (χ3n) is 7.64. The molecule has 0 radical (unpaired) electrons. The Morgan fingerprint density at radius 2 is 1.85 bits per heavy atom. The molecule has 1 N–H and O–H groups in total. The Balaban J connectivity index is 1.68. The number of aliphatic carboxylic acids is 1. The molecule has 0 bridgehead atoms. The zero-order valence-electron chi connectivity index (χ0n) is 21.6. The summed E-state index contributed by atoms with van der Waals surface area (Å²) in [7, 11) is 1.66. The third kappa shape index (κ3) is 5.61. The number of piperidine rings is 1. The summed E-state index contributed by atoms with van der Waals surface area (Å²) < 4.78 is 57.0. The number of carboxylic acid groups (broad SMARTS) is 1. The minimum atomic E-state index is -4.48. The van der Waals surface area contributed by atoms with Gasteiger partial charge >= 0.3 is 12.1 Å². The van der Waals surface area contributed by atoms with Crippen LogP contribution < -0.4 is 0 Å². The van der Waals surface area contributed by atoms with E-state index in [4.69, 9.17) is 28.3 Å². The average molecular weight is 587 g/mol. The zero-order chi connectivity index (χ0) is 28.8. The van der Waals surface area contributed by atoms with E-state index in [1.54, 1.807) is 31.5 Å². The summed E-state index contributed by atoms with van der Waals surface area (Å²) in [5, 5.41) is 10.1. The fourth-order valence-electron chi connectivity index (χ4n) is 5.51. The van der Waals surface area contributed by atoms with Crippen LogP contribution in [0, 0.1) is 12.8 Å². The van der Waals surface area contributed by atoms with Crippen molar-refractivity contribution in [1.82, 2.24) is 9.47 Å². The predicted octanol–water partition coefficient (Wildman–Crippen LogP) is 7.46. The van der Waals surface area contributed by atoms with Crippen molar-refractivity contribution in [2.45, 2.75) is 57.9 Å². The summed E-state index contributed by atoms with van der Waals surface area (Å²) in [5.74, 6) is -2.25. The van der Waals surface area contributed by atoms with Crippen LogP contribution >= 0.6 is 23.2 Å². The van der Waals surface area contributed by atoms with Crippen LogP contribution in [0.25, 0.3) is 10.9 Å². The molecule has 2 heterocycles. The number of rotatable bonds is 6. The molecule has 1 fully saturated rings. The number of carboxylic acids is 1. The van der Waals surface area contributed by atoms with E-state index in [1.165, 1.54) is 17.0 Å². The van der Waals surface area contributed by atoms with Gasteiger partial charge in [0.15, 0.2) is 0 Å². The van der Waals surface area contributed by atoms with Crippen molar-refractivity contribution in [3.8, 4) is 0 Å². The van der Waals surface area contributed by atoms with Gasteiger partial charge in [0.2, 0.25) is 0 Å². The van der Waals surface area contributed by atoms with E-state index < -0.39 is 41.7 Å². The monoisotopic (exact) mass is 586 g/mol. The molecule has 1 amide bonds. The number of benzene rings is 2. The van der Waals surface area contributed by atoms with Gasteiger partial charge in [0.05, 0.1) is 28.6 Å². The molecule has 4 rings (SSSR count). The molecule has 11 heteroatoms. The SMILES string of the molecule is CCC1C(F)C(CC(=O)O)CCN1C(=O)c1ccc(Cl)c(Cc2cc3c(C)cc(C(F)(F)F)cc3n2C)c1Cl. The topological polar surface area (TPSA) is 62.5 Å². The summed E-state index contributed by atoms with van der Waals surface area (Å²) >= 11 is 13.2. The first-order valence-electron chi connectivity index (χ1n) is 12.5. The largest absolute Gasteiger partial charge is 0.481 e. The van der Waals surface area contributed by atoms with Crippen LogP contribution in [0.3, 0.4) is 0 Å². The molecule has 39 heavy (non-hydrogen) atoms. The third-order valence-corrected chi connectivity index (χ3v) is 8.43. The highest BCUT2D eigenvalue weighted by Crippen LogP contribution is 2.37. The number of fused-ring (bicyclic) bond motifs is 1. The summed E-state index contributed by atoms with van der Waals surface area (Å²) in [4.78, 5) is 26.1. The lowest BCUT2D eigenvalue weighted by molar-refractivity contribution is -0.139. The van der Waals surface area contributed by atoms with Crippen molar-refractivity contribution in [2.24, 2.45) is 13.0 Å². The van der Waals surface area contributed by atoms with Crippen LogP contribution in [-0.2, 0) is 24.4 Å². The van der Waals surface area contributed by atoms with Gasteiger partial charge in [0, 0.05) is 47.6 Å². The molecular formula is C28H28Cl2F4N2O3. The lowest BCUT2D eigenvalue weighted by atomic mass is 9.85. The Morgan fingerprint density at radius 1 is 1.15 bits per heavy atom. The highest BCUT2D eigenvalue weighted by molar-refractivity contribution is 6.38. The van der Waals surface area contributed by atoms with E-state index in [2.05, 4.69) is 0 Å². The zero-order valence-corrected chi connectivity index (χ0v) is 23.1. The van der Waals surface area contributed by atoms with Gasteiger partial charge in [0.25, 0.3) is 5.91 Å². The Kier molecular flexibility index (Phi) is 8.24. The van der Waals surface area contributed by atoms with Gasteiger partial charge in [-0.2, -0.15) is 13.2 Å². The number of carbonyl (C=O) groups excluding carboxylic acids is 1. The quantitative estimate of drug-likeness (QED) is 0.305. The number of halogens is 6. The number of nitrogens with zero attached hydrogens (tertiary/aromatic N) is 2. The lowest BCUT2D eigenvalue weighted by Crippen LogP contribution is -2.53. The maximum Gasteiger partial charge on any atom is 0.416 e. The number of aromatic nitrogens is 1. The molecule has 1 saturated heterocycles. The van der Waals surface area contributed by atoms with Crippen LogP contribution in [0.2, 0.25) is 10.0 Å². The normalized spacial score (nSPS) is 20.0. The molecule has 3 aromatic rings. The summed E-state index contributed by atoms with van der Waals surface area (Å²) in [6.07, 6.45) is -5.62. The number of alkyl halides is 4. The van der Waals surface area contributed by atoms with Gasteiger partial charge < -0.3 is 14.6 Å². The first kappa shape index (κ1) is 29.2. The standard InChI is InChI=1S/C28H28Cl2F4N2O3/c1-4-22-26(31)15(10-24(37)38)7-8-36(22)27(39)18-5-6-21(29)20(25(18)30)13-17-12-19-14(2)9-16(28(32,33)34)11-23(19)35(17)3/h5-6,9,11-12,15,22,26H,4,7-8,10,13H2,1-3H3,(H,37,38). The maximum absolute atomic E-state index is 15.2. The van der Waals surface area contributed by atoms with Crippen molar-refractivity contribution in [2.75, 3.05) is 6.54 Å². The van der Waals surface area contributed by atoms with E-state index in [-0.39, 0.29) is 41.4 Å². The number of carbonyl (C=O) groups is 2. The van der Waals surface area contributed by atoms with Gasteiger partial charge in [-0.3, -0.25) is 9.59 Å². The highest BCUT2D eigenvalue weighted by Gasteiger charge is 2.41. The van der Waals surface area contributed by atoms with Crippen molar-refractivity contribution in [3.63, 3.8) is 0 Å². The van der Waals surface area contributed by atoms with Crippen LogP contribution in [0.4, 0.5) is 17.6 Å². The van der Waals surface area contributed by atoms with Crippen LogP contribution in [0.5, 0.6) is 0 Å². The molecular weight excluding hydrogens is 559 g/mol. The van der Waals surface area contributed by atoms with E-state index in [1.807, 2.05) is 0 Å². The lowest BCUT2D eigenvalue weighted by Gasteiger charge is -2.41. The van der Waals surface area contributed by atoms with Gasteiger partial charge in [0.1, 0.15) is 6.17 Å². The first-order valence-corrected chi connectivity index (χ1v) is 13.3. The van der Waals surface area contributed by atoms with Crippen LogP contribution in [0.1, 0.15) is 58.9 Å². The van der Waals surface area contributed by atoms with Crippen molar-refractivity contribution in [1.29, 1.82) is 0 Å². The van der Waals surface area contributed by atoms with Gasteiger partial charge in [-0.15, -0.1) is 0 Å².